The molecule has 2 aromatic carbocycles. The van der Waals surface area contributed by atoms with Crippen LogP contribution in [0.3, 0.4) is 0 Å². The Morgan fingerprint density at radius 1 is 1.11 bits per heavy atom. The van der Waals surface area contributed by atoms with Crippen molar-refractivity contribution in [3.63, 3.8) is 0 Å². The van der Waals surface area contributed by atoms with Crippen molar-refractivity contribution in [1.29, 1.82) is 0 Å². The molecule has 0 radical (unpaired) electrons. The van der Waals surface area contributed by atoms with Gasteiger partial charge in [-0.3, -0.25) is 4.79 Å². The maximum absolute atomic E-state index is 13.0. The Bertz CT molecular complexity index is 867. The number of amides is 1. The number of nitrogens with zero attached hydrogens (tertiary/aromatic N) is 3. The van der Waals surface area contributed by atoms with Crippen LogP contribution in [-0.4, -0.2) is 35.4 Å². The first-order valence-corrected chi connectivity index (χ1v) is 9.46. The zero-order valence-corrected chi connectivity index (χ0v) is 15.9. The Labute approximate surface area is 162 Å². The lowest BCUT2D eigenvalue weighted by molar-refractivity contribution is -0.119. The Morgan fingerprint density at radius 2 is 1.85 bits per heavy atom. The molecule has 0 aliphatic heterocycles. The van der Waals surface area contributed by atoms with E-state index in [1.165, 1.54) is 29.2 Å². The predicted octanol–water partition coefficient (Wildman–Crippen LogP) is 3.06. The number of carbonyl (C=O) groups excluding carboxylic acids is 1. The number of likely N-dealkylation sites (N-methyl/N-ethyl adjacent to an activating group) is 1. The van der Waals surface area contributed by atoms with Crippen molar-refractivity contribution in [2.75, 3.05) is 25.0 Å². The maximum atomic E-state index is 13.0. The Hall–Kier alpha value is -2.80. The molecule has 0 saturated heterocycles. The fraction of sp³-hybridized carbons (Fsp3) is 0.250. The lowest BCUT2D eigenvalue weighted by Crippen LogP contribution is -2.36. The van der Waals surface area contributed by atoms with Gasteiger partial charge >= 0.3 is 0 Å². The van der Waals surface area contributed by atoms with Gasteiger partial charge in [-0.25, -0.2) is 9.37 Å². The predicted molar refractivity (Wildman–Crippen MR) is 106 cm³/mol. The quantitative estimate of drug-likeness (QED) is 0.649. The number of aromatic nitrogens is 2. The van der Waals surface area contributed by atoms with Crippen LogP contribution >= 0.6 is 11.5 Å². The third kappa shape index (κ3) is 5.86. The Kier molecular flexibility index (Phi) is 6.49. The van der Waals surface area contributed by atoms with E-state index in [-0.39, 0.29) is 18.3 Å². The van der Waals surface area contributed by atoms with Crippen LogP contribution in [-0.2, 0) is 17.6 Å². The van der Waals surface area contributed by atoms with Gasteiger partial charge in [-0.1, -0.05) is 42.5 Å². The van der Waals surface area contributed by atoms with Crippen molar-refractivity contribution in [2.24, 2.45) is 0 Å². The molecule has 140 valence electrons. The van der Waals surface area contributed by atoms with Crippen molar-refractivity contribution in [3.8, 4) is 0 Å². The second kappa shape index (κ2) is 9.23. The van der Waals surface area contributed by atoms with Crippen LogP contribution in [0, 0.1) is 5.82 Å². The van der Waals surface area contributed by atoms with Gasteiger partial charge in [-0.05, 0) is 29.7 Å². The average molecular weight is 384 g/mol. The standard InChI is InChI=1S/C20H21FN4OS/c1-25(14-19(26)22-12-11-15-5-3-2-4-6-15)20-23-18(24-27-20)13-16-7-9-17(21)10-8-16/h2-10H,11-14H2,1H3,(H,22,26). The fourth-order valence-corrected chi connectivity index (χ4v) is 3.23. The van der Waals surface area contributed by atoms with Crippen molar-refractivity contribution in [2.45, 2.75) is 12.8 Å². The molecule has 3 aromatic rings. The Morgan fingerprint density at radius 3 is 2.59 bits per heavy atom. The number of carbonyl (C=O) groups is 1. The Balaban J connectivity index is 1.46. The summed E-state index contributed by atoms with van der Waals surface area (Å²) in [4.78, 5) is 18.4. The van der Waals surface area contributed by atoms with E-state index in [0.29, 0.717) is 23.9 Å². The third-order valence-electron chi connectivity index (χ3n) is 4.02. The molecule has 0 saturated carbocycles. The van der Waals surface area contributed by atoms with Crippen LogP contribution in [0.4, 0.5) is 9.52 Å². The molecule has 0 bridgehead atoms. The lowest BCUT2D eigenvalue weighted by Gasteiger charge is -2.14. The summed E-state index contributed by atoms with van der Waals surface area (Å²) in [5.41, 5.74) is 2.14. The van der Waals surface area contributed by atoms with E-state index in [1.54, 1.807) is 17.0 Å². The van der Waals surface area contributed by atoms with Gasteiger partial charge in [-0.15, -0.1) is 0 Å². The van der Waals surface area contributed by atoms with Gasteiger partial charge in [0, 0.05) is 31.5 Å². The molecule has 3 rings (SSSR count). The largest absolute Gasteiger partial charge is 0.354 e. The number of hydrogen-bond donors (Lipinski definition) is 1. The van der Waals surface area contributed by atoms with Crippen LogP contribution in [0.2, 0.25) is 0 Å². The van der Waals surface area contributed by atoms with Crippen LogP contribution in [0.1, 0.15) is 17.0 Å². The van der Waals surface area contributed by atoms with Crippen molar-refractivity contribution >= 4 is 22.6 Å². The summed E-state index contributed by atoms with van der Waals surface area (Å²) < 4.78 is 17.3. The number of benzene rings is 2. The molecule has 0 aliphatic carbocycles. The van der Waals surface area contributed by atoms with Gasteiger partial charge in [-0.2, -0.15) is 4.37 Å². The summed E-state index contributed by atoms with van der Waals surface area (Å²) in [6.45, 7) is 0.822. The summed E-state index contributed by atoms with van der Waals surface area (Å²) in [5.74, 6) is 0.352. The maximum Gasteiger partial charge on any atom is 0.239 e. The van der Waals surface area contributed by atoms with E-state index in [2.05, 4.69) is 14.7 Å². The number of hydrogen-bond acceptors (Lipinski definition) is 5. The molecular weight excluding hydrogens is 363 g/mol. The topological polar surface area (TPSA) is 58.1 Å². The minimum absolute atomic E-state index is 0.0521. The average Bonchev–Trinajstić information content (AvgIpc) is 3.13. The molecule has 0 aliphatic rings. The van der Waals surface area contributed by atoms with Crippen LogP contribution in [0.25, 0.3) is 0 Å². The van der Waals surface area contributed by atoms with Gasteiger partial charge in [0.2, 0.25) is 11.0 Å². The summed E-state index contributed by atoms with van der Waals surface area (Å²) in [6.07, 6.45) is 1.34. The van der Waals surface area contributed by atoms with Crippen molar-refractivity contribution in [1.82, 2.24) is 14.7 Å². The monoisotopic (exact) mass is 384 g/mol. The number of halogens is 1. The van der Waals surface area contributed by atoms with Crippen LogP contribution in [0.15, 0.2) is 54.6 Å². The van der Waals surface area contributed by atoms with E-state index < -0.39 is 0 Å². The molecule has 1 N–H and O–H groups in total. The van der Waals surface area contributed by atoms with E-state index >= 15 is 0 Å². The highest BCUT2D eigenvalue weighted by molar-refractivity contribution is 7.09. The minimum atomic E-state index is -0.260. The summed E-state index contributed by atoms with van der Waals surface area (Å²) in [6, 6.07) is 16.3. The van der Waals surface area contributed by atoms with Gasteiger partial charge in [0.15, 0.2) is 0 Å². The van der Waals surface area contributed by atoms with Crippen LogP contribution in [0.5, 0.6) is 0 Å². The normalized spacial score (nSPS) is 10.6. The first-order valence-electron chi connectivity index (χ1n) is 8.69. The summed E-state index contributed by atoms with van der Waals surface area (Å²) >= 11 is 1.25. The highest BCUT2D eigenvalue weighted by Gasteiger charge is 2.12. The third-order valence-corrected chi connectivity index (χ3v) is 4.89. The molecule has 27 heavy (non-hydrogen) atoms. The first kappa shape index (κ1) is 19.0. The zero-order chi connectivity index (χ0) is 19.1. The highest BCUT2D eigenvalue weighted by Crippen LogP contribution is 2.17. The van der Waals surface area contributed by atoms with Crippen LogP contribution < -0.4 is 10.2 Å². The van der Waals surface area contributed by atoms with Gasteiger partial charge in [0.1, 0.15) is 11.6 Å². The second-order valence-corrected chi connectivity index (χ2v) is 6.97. The molecule has 5 nitrogen and oxygen atoms in total. The molecular formula is C20H21FN4OS. The molecule has 0 fully saturated rings. The van der Waals surface area contributed by atoms with Crippen molar-refractivity contribution < 1.29 is 9.18 Å². The molecule has 1 amide bonds. The highest BCUT2D eigenvalue weighted by atomic mass is 32.1. The van der Waals surface area contributed by atoms with Gasteiger partial charge < -0.3 is 10.2 Å². The van der Waals surface area contributed by atoms with Gasteiger partial charge in [0.25, 0.3) is 0 Å². The fourth-order valence-electron chi connectivity index (χ4n) is 2.59. The number of nitrogens with one attached hydrogen (secondary N) is 1. The van der Waals surface area contributed by atoms with Gasteiger partial charge in [0.05, 0.1) is 6.54 Å². The number of rotatable bonds is 8. The van der Waals surface area contributed by atoms with E-state index in [1.807, 2.05) is 37.4 Å². The molecule has 0 spiro atoms. The summed E-state index contributed by atoms with van der Waals surface area (Å²) in [5, 5.41) is 3.61. The number of anilines is 1. The van der Waals surface area contributed by atoms with E-state index in [4.69, 9.17) is 0 Å². The molecule has 1 heterocycles. The van der Waals surface area contributed by atoms with E-state index in [0.717, 1.165) is 12.0 Å². The molecule has 0 unspecified atom stereocenters. The second-order valence-electron chi connectivity index (χ2n) is 6.24. The molecule has 1 aromatic heterocycles. The SMILES string of the molecule is CN(CC(=O)NCCc1ccccc1)c1nc(Cc2ccc(F)cc2)ns1. The molecule has 0 atom stereocenters. The smallest absolute Gasteiger partial charge is 0.239 e. The first-order chi connectivity index (χ1) is 13.1. The lowest BCUT2D eigenvalue weighted by atomic mass is 10.1. The van der Waals surface area contributed by atoms with Crippen molar-refractivity contribution in [3.05, 3.63) is 77.4 Å². The minimum Gasteiger partial charge on any atom is -0.354 e. The summed E-state index contributed by atoms with van der Waals surface area (Å²) in [7, 11) is 1.82. The van der Waals surface area contributed by atoms with E-state index in [9.17, 15) is 9.18 Å². The zero-order valence-electron chi connectivity index (χ0n) is 15.1. The molecule has 7 heteroatoms.